The third-order valence-corrected chi connectivity index (χ3v) is 4.85. The number of aromatic nitrogens is 3. The Balaban J connectivity index is 1.64. The summed E-state index contributed by atoms with van der Waals surface area (Å²) in [6.07, 6.45) is 0.0971. The van der Waals surface area contributed by atoms with Crippen molar-refractivity contribution in [2.75, 3.05) is 10.6 Å². The molecule has 1 aromatic carbocycles. The number of carbonyl (C=O) groups excluding carboxylic acids is 2. The second-order valence-electron chi connectivity index (χ2n) is 7.28. The summed E-state index contributed by atoms with van der Waals surface area (Å²) in [4.78, 5) is 41.3. The molecule has 8 heteroatoms. The van der Waals surface area contributed by atoms with E-state index >= 15 is 0 Å². The zero-order chi connectivity index (χ0) is 21.8. The van der Waals surface area contributed by atoms with Gasteiger partial charge in [-0.3, -0.25) is 18.7 Å². The number of hydrogen-bond donors (Lipinski definition) is 2. The van der Waals surface area contributed by atoms with Crippen molar-refractivity contribution in [3.63, 3.8) is 0 Å². The molecule has 8 nitrogen and oxygen atoms in total. The standard InChI is InChI=1S/C22H27N5O3/c1-5-26-17-7-8-18(25-21(17)27(6-2)22(26)30)24-20(29)10-9-19(28)23-16-12-14(3)11-15(4)13-16/h7-8,11-13H,5-6,9-10H2,1-4H3,(H,23,28)(H,24,25,29). The number of benzene rings is 1. The maximum absolute atomic E-state index is 12.4. The normalized spacial score (nSPS) is 10.9. The highest BCUT2D eigenvalue weighted by Gasteiger charge is 2.14. The first kappa shape index (κ1) is 21.3. The molecule has 0 aliphatic rings. The Morgan fingerprint density at radius 3 is 2.10 bits per heavy atom. The SMILES string of the molecule is CCn1c(=O)n(CC)c2nc(NC(=O)CCC(=O)Nc3cc(C)cc(C)c3)ccc21. The quantitative estimate of drug-likeness (QED) is 0.626. The van der Waals surface area contributed by atoms with E-state index in [1.807, 2.05) is 45.9 Å². The van der Waals surface area contributed by atoms with E-state index in [1.165, 1.54) is 0 Å². The minimum atomic E-state index is -0.308. The molecule has 0 saturated carbocycles. The van der Waals surface area contributed by atoms with Crippen molar-refractivity contribution in [3.8, 4) is 0 Å². The minimum absolute atomic E-state index is 0.0346. The second kappa shape index (κ2) is 8.94. The van der Waals surface area contributed by atoms with Crippen LogP contribution in [-0.4, -0.2) is 25.9 Å². The van der Waals surface area contributed by atoms with Crippen molar-refractivity contribution in [2.24, 2.45) is 0 Å². The van der Waals surface area contributed by atoms with E-state index < -0.39 is 0 Å². The number of pyridine rings is 1. The zero-order valence-corrected chi connectivity index (χ0v) is 17.8. The van der Waals surface area contributed by atoms with E-state index in [0.717, 1.165) is 22.3 Å². The number of rotatable bonds is 7. The highest BCUT2D eigenvalue weighted by Crippen LogP contribution is 2.16. The molecule has 0 spiro atoms. The molecule has 0 aliphatic heterocycles. The Hall–Kier alpha value is -3.42. The highest BCUT2D eigenvalue weighted by atomic mass is 16.2. The van der Waals surface area contributed by atoms with Crippen LogP contribution in [0.2, 0.25) is 0 Å². The molecular weight excluding hydrogens is 382 g/mol. The van der Waals surface area contributed by atoms with Crippen LogP contribution in [0.15, 0.2) is 35.1 Å². The molecule has 158 valence electrons. The van der Waals surface area contributed by atoms with Crippen molar-refractivity contribution in [3.05, 3.63) is 51.9 Å². The first-order valence-electron chi connectivity index (χ1n) is 10.1. The Labute approximate surface area is 174 Å². The summed E-state index contributed by atoms with van der Waals surface area (Å²) < 4.78 is 3.22. The number of imidazole rings is 1. The van der Waals surface area contributed by atoms with E-state index in [9.17, 15) is 14.4 Å². The molecular formula is C22H27N5O3. The fourth-order valence-corrected chi connectivity index (χ4v) is 3.55. The summed E-state index contributed by atoms with van der Waals surface area (Å²) in [6.45, 7) is 8.75. The van der Waals surface area contributed by atoms with Crippen molar-refractivity contribution < 1.29 is 9.59 Å². The van der Waals surface area contributed by atoms with Crippen molar-refractivity contribution >= 4 is 34.5 Å². The Kier molecular flexibility index (Phi) is 6.34. The molecule has 2 amide bonds. The molecule has 3 aromatic rings. The average molecular weight is 409 g/mol. The summed E-state index contributed by atoms with van der Waals surface area (Å²) >= 11 is 0. The van der Waals surface area contributed by atoms with E-state index in [-0.39, 0.29) is 30.3 Å². The third-order valence-electron chi connectivity index (χ3n) is 4.85. The lowest BCUT2D eigenvalue weighted by atomic mass is 10.1. The van der Waals surface area contributed by atoms with Gasteiger partial charge in [0.15, 0.2) is 5.65 Å². The van der Waals surface area contributed by atoms with Gasteiger partial charge in [0.05, 0.1) is 5.52 Å². The Bertz CT molecular complexity index is 1140. The predicted molar refractivity (Wildman–Crippen MR) is 118 cm³/mol. The van der Waals surface area contributed by atoms with Crippen LogP contribution >= 0.6 is 0 Å². The highest BCUT2D eigenvalue weighted by molar-refractivity contribution is 5.96. The van der Waals surface area contributed by atoms with Crippen molar-refractivity contribution in [1.82, 2.24) is 14.1 Å². The first-order valence-corrected chi connectivity index (χ1v) is 10.1. The van der Waals surface area contributed by atoms with Gasteiger partial charge in [0.2, 0.25) is 11.8 Å². The van der Waals surface area contributed by atoms with E-state index in [4.69, 9.17) is 0 Å². The maximum Gasteiger partial charge on any atom is 0.330 e. The van der Waals surface area contributed by atoms with E-state index in [1.54, 1.807) is 21.3 Å². The molecule has 30 heavy (non-hydrogen) atoms. The average Bonchev–Trinajstić information content (AvgIpc) is 2.95. The van der Waals surface area contributed by atoms with Crippen LogP contribution in [0, 0.1) is 13.8 Å². The van der Waals surface area contributed by atoms with Crippen molar-refractivity contribution in [1.29, 1.82) is 0 Å². The lowest BCUT2D eigenvalue weighted by Crippen LogP contribution is -2.23. The number of nitrogens with one attached hydrogen (secondary N) is 2. The summed E-state index contributed by atoms with van der Waals surface area (Å²) in [5.41, 5.74) is 4.00. The van der Waals surface area contributed by atoms with Crippen LogP contribution in [0.5, 0.6) is 0 Å². The van der Waals surface area contributed by atoms with Gasteiger partial charge in [-0.15, -0.1) is 0 Å². The molecule has 0 unspecified atom stereocenters. The molecule has 0 bridgehead atoms. The number of nitrogens with zero attached hydrogens (tertiary/aromatic N) is 3. The van der Waals surface area contributed by atoms with Gasteiger partial charge in [-0.1, -0.05) is 6.07 Å². The van der Waals surface area contributed by atoms with Crippen LogP contribution in [0.3, 0.4) is 0 Å². The largest absolute Gasteiger partial charge is 0.330 e. The number of carbonyl (C=O) groups is 2. The number of fused-ring (bicyclic) bond motifs is 1. The molecule has 2 heterocycles. The van der Waals surface area contributed by atoms with Crippen molar-refractivity contribution in [2.45, 2.75) is 53.6 Å². The van der Waals surface area contributed by atoms with Gasteiger partial charge in [0.1, 0.15) is 5.82 Å². The van der Waals surface area contributed by atoms with Gasteiger partial charge in [-0.2, -0.15) is 0 Å². The lowest BCUT2D eigenvalue weighted by Gasteiger charge is -2.08. The van der Waals surface area contributed by atoms with Crippen LogP contribution < -0.4 is 16.3 Å². The van der Waals surface area contributed by atoms with Gasteiger partial charge >= 0.3 is 5.69 Å². The number of amides is 2. The summed E-state index contributed by atoms with van der Waals surface area (Å²) in [5.74, 6) is -0.172. The summed E-state index contributed by atoms with van der Waals surface area (Å²) in [5, 5.41) is 5.54. The van der Waals surface area contributed by atoms with Crippen LogP contribution in [0.1, 0.15) is 37.8 Å². The first-order chi connectivity index (χ1) is 14.3. The van der Waals surface area contributed by atoms with Crippen LogP contribution in [-0.2, 0) is 22.7 Å². The fraction of sp³-hybridized carbons (Fsp3) is 0.364. The van der Waals surface area contributed by atoms with E-state index in [2.05, 4.69) is 15.6 Å². The van der Waals surface area contributed by atoms with Gasteiger partial charge in [-0.05, 0) is 63.1 Å². The molecule has 2 N–H and O–H groups in total. The molecule has 0 atom stereocenters. The molecule has 0 aliphatic carbocycles. The van der Waals surface area contributed by atoms with Gasteiger partial charge < -0.3 is 10.6 Å². The molecule has 0 radical (unpaired) electrons. The number of anilines is 2. The summed E-state index contributed by atoms with van der Waals surface area (Å²) in [7, 11) is 0. The third kappa shape index (κ3) is 4.59. The Morgan fingerprint density at radius 2 is 1.50 bits per heavy atom. The molecule has 3 rings (SSSR count). The van der Waals surface area contributed by atoms with Gasteiger partial charge in [0, 0.05) is 31.6 Å². The monoisotopic (exact) mass is 409 g/mol. The number of aryl methyl sites for hydroxylation is 4. The van der Waals surface area contributed by atoms with Crippen LogP contribution in [0.25, 0.3) is 11.2 Å². The zero-order valence-electron chi connectivity index (χ0n) is 17.8. The summed E-state index contributed by atoms with van der Waals surface area (Å²) in [6, 6.07) is 9.25. The molecule has 0 fully saturated rings. The van der Waals surface area contributed by atoms with Gasteiger partial charge in [-0.25, -0.2) is 9.78 Å². The predicted octanol–water partition coefficient (Wildman–Crippen LogP) is 3.21. The second-order valence-corrected chi connectivity index (χ2v) is 7.28. The molecule has 2 aromatic heterocycles. The Morgan fingerprint density at radius 1 is 0.900 bits per heavy atom. The topological polar surface area (TPSA) is 98.0 Å². The molecule has 0 saturated heterocycles. The maximum atomic E-state index is 12.4. The minimum Gasteiger partial charge on any atom is -0.326 e. The van der Waals surface area contributed by atoms with Crippen LogP contribution in [0.4, 0.5) is 11.5 Å². The lowest BCUT2D eigenvalue weighted by molar-refractivity contribution is -0.121. The van der Waals surface area contributed by atoms with Gasteiger partial charge in [0.25, 0.3) is 0 Å². The fourth-order valence-electron chi connectivity index (χ4n) is 3.55. The smallest absolute Gasteiger partial charge is 0.326 e. The van der Waals surface area contributed by atoms with E-state index in [0.29, 0.717) is 24.6 Å². The number of hydrogen-bond acceptors (Lipinski definition) is 4.